The van der Waals surface area contributed by atoms with Gasteiger partial charge in [0.05, 0.1) is 11.9 Å². The molecule has 2 aliphatic rings. The summed E-state index contributed by atoms with van der Waals surface area (Å²) in [6, 6.07) is 8.25. The highest BCUT2D eigenvalue weighted by molar-refractivity contribution is 5.73. The maximum atomic E-state index is 6.39. The molecule has 0 bridgehead atoms. The summed E-state index contributed by atoms with van der Waals surface area (Å²) in [6.07, 6.45) is 7.97. The molecule has 4 rings (SSSR count). The lowest BCUT2D eigenvalue weighted by Gasteiger charge is -2.41. The minimum atomic E-state index is -0.130. The average Bonchev–Trinajstić information content (AvgIpc) is 2.90. The van der Waals surface area contributed by atoms with E-state index in [1.54, 1.807) is 0 Å². The van der Waals surface area contributed by atoms with Crippen molar-refractivity contribution in [3.05, 3.63) is 36.0 Å². The number of hydrogen-bond donors (Lipinski definition) is 1. The number of benzene rings is 1. The van der Waals surface area contributed by atoms with Gasteiger partial charge in [0.1, 0.15) is 11.4 Å². The second kappa shape index (κ2) is 3.61. The molecule has 92 valence electrons. The van der Waals surface area contributed by atoms with E-state index < -0.39 is 0 Å². The summed E-state index contributed by atoms with van der Waals surface area (Å²) in [5.74, 6) is 0.996. The van der Waals surface area contributed by atoms with Crippen molar-refractivity contribution < 1.29 is 4.74 Å². The Kier molecular flexibility index (Phi) is 2.04. The summed E-state index contributed by atoms with van der Waals surface area (Å²) in [7, 11) is 0. The molecule has 0 atom stereocenters. The lowest BCUT2D eigenvalue weighted by Crippen LogP contribution is -2.37. The standard InChI is InChI=1S/C15H16N2O/c1-4-8-15(9-5-1)12-10-16-17-14(12)11-6-2-3-7-13(11)18-15/h2-3,6-7,10H,1,4-5,8-9H2,(H,16,17). The third kappa shape index (κ3) is 1.27. The minimum Gasteiger partial charge on any atom is -0.482 e. The van der Waals surface area contributed by atoms with E-state index in [0.717, 1.165) is 29.8 Å². The molecular weight excluding hydrogens is 224 g/mol. The first-order chi connectivity index (χ1) is 8.89. The molecule has 1 saturated carbocycles. The molecule has 18 heavy (non-hydrogen) atoms. The first kappa shape index (κ1) is 10.2. The van der Waals surface area contributed by atoms with Gasteiger partial charge in [0.2, 0.25) is 0 Å². The van der Waals surface area contributed by atoms with Gasteiger partial charge >= 0.3 is 0 Å². The molecule has 1 aliphatic carbocycles. The molecule has 1 fully saturated rings. The van der Waals surface area contributed by atoms with Crippen LogP contribution in [-0.4, -0.2) is 10.2 Å². The van der Waals surface area contributed by atoms with Crippen molar-refractivity contribution in [1.29, 1.82) is 0 Å². The molecule has 0 unspecified atom stereocenters. The molecule has 0 saturated heterocycles. The fourth-order valence-corrected chi connectivity index (χ4v) is 3.36. The average molecular weight is 240 g/mol. The zero-order valence-electron chi connectivity index (χ0n) is 10.3. The molecule has 0 amide bonds. The third-order valence-corrected chi connectivity index (χ3v) is 4.25. The van der Waals surface area contributed by atoms with Crippen LogP contribution in [0.15, 0.2) is 30.5 Å². The summed E-state index contributed by atoms with van der Waals surface area (Å²) in [6.45, 7) is 0. The highest BCUT2D eigenvalue weighted by Crippen LogP contribution is 2.50. The molecule has 1 aliphatic heterocycles. The Morgan fingerprint density at radius 3 is 2.83 bits per heavy atom. The fourth-order valence-electron chi connectivity index (χ4n) is 3.36. The number of nitrogens with zero attached hydrogens (tertiary/aromatic N) is 1. The number of ether oxygens (including phenoxy) is 1. The predicted octanol–water partition coefficient (Wildman–Crippen LogP) is 3.63. The Morgan fingerprint density at radius 2 is 1.94 bits per heavy atom. The van der Waals surface area contributed by atoms with E-state index in [9.17, 15) is 0 Å². The van der Waals surface area contributed by atoms with Gasteiger partial charge in [0.25, 0.3) is 0 Å². The number of aromatic nitrogens is 2. The van der Waals surface area contributed by atoms with E-state index in [1.807, 2.05) is 18.3 Å². The van der Waals surface area contributed by atoms with Crippen molar-refractivity contribution in [1.82, 2.24) is 10.2 Å². The van der Waals surface area contributed by atoms with Crippen molar-refractivity contribution in [2.75, 3.05) is 0 Å². The summed E-state index contributed by atoms with van der Waals surface area (Å²) >= 11 is 0. The van der Waals surface area contributed by atoms with Gasteiger partial charge in [-0.1, -0.05) is 18.6 Å². The van der Waals surface area contributed by atoms with Gasteiger partial charge in [-0.05, 0) is 37.8 Å². The molecule has 2 aromatic rings. The van der Waals surface area contributed by atoms with Gasteiger partial charge in [-0.3, -0.25) is 5.10 Å². The summed E-state index contributed by atoms with van der Waals surface area (Å²) in [4.78, 5) is 0. The summed E-state index contributed by atoms with van der Waals surface area (Å²) in [5.41, 5.74) is 3.41. The van der Waals surface area contributed by atoms with Crippen LogP contribution in [0.25, 0.3) is 11.3 Å². The van der Waals surface area contributed by atoms with Crippen LogP contribution in [0.4, 0.5) is 0 Å². The number of fused-ring (bicyclic) bond motifs is 4. The van der Waals surface area contributed by atoms with Crippen LogP contribution >= 0.6 is 0 Å². The largest absolute Gasteiger partial charge is 0.482 e. The van der Waals surface area contributed by atoms with Crippen LogP contribution in [0, 0.1) is 0 Å². The summed E-state index contributed by atoms with van der Waals surface area (Å²) in [5, 5.41) is 7.40. The zero-order chi connectivity index (χ0) is 12.0. The Balaban J connectivity index is 1.92. The molecule has 0 radical (unpaired) electrons. The number of aromatic amines is 1. The smallest absolute Gasteiger partial charge is 0.138 e. The molecule has 1 N–H and O–H groups in total. The summed E-state index contributed by atoms with van der Waals surface area (Å²) < 4.78 is 6.39. The van der Waals surface area contributed by atoms with Crippen LogP contribution < -0.4 is 4.74 Å². The molecule has 1 aromatic heterocycles. The maximum Gasteiger partial charge on any atom is 0.138 e. The number of rotatable bonds is 0. The second-order valence-electron chi connectivity index (χ2n) is 5.31. The topological polar surface area (TPSA) is 37.9 Å². The van der Waals surface area contributed by atoms with E-state index >= 15 is 0 Å². The first-order valence-electron chi connectivity index (χ1n) is 6.71. The first-order valence-corrected chi connectivity index (χ1v) is 6.71. The van der Waals surface area contributed by atoms with Crippen molar-refractivity contribution in [2.45, 2.75) is 37.7 Å². The Labute approximate surface area is 106 Å². The van der Waals surface area contributed by atoms with Crippen LogP contribution in [0.5, 0.6) is 5.75 Å². The number of hydrogen-bond acceptors (Lipinski definition) is 2. The highest BCUT2D eigenvalue weighted by Gasteiger charge is 2.42. The second-order valence-corrected chi connectivity index (χ2v) is 5.31. The van der Waals surface area contributed by atoms with Crippen molar-refractivity contribution >= 4 is 0 Å². The quantitative estimate of drug-likeness (QED) is 0.763. The Bertz CT molecular complexity index is 582. The minimum absolute atomic E-state index is 0.130. The SMILES string of the molecule is c1ccc2c(c1)OC1(CCCCC1)c1cn[nH]c1-2. The molecule has 1 spiro atoms. The van der Waals surface area contributed by atoms with Crippen LogP contribution in [0.2, 0.25) is 0 Å². The van der Waals surface area contributed by atoms with Crippen LogP contribution in [-0.2, 0) is 5.60 Å². The maximum absolute atomic E-state index is 6.39. The number of nitrogens with one attached hydrogen (secondary N) is 1. The number of H-pyrrole nitrogens is 1. The van der Waals surface area contributed by atoms with Gasteiger partial charge in [-0.2, -0.15) is 5.10 Å². The Morgan fingerprint density at radius 1 is 1.11 bits per heavy atom. The fraction of sp³-hybridized carbons (Fsp3) is 0.400. The van der Waals surface area contributed by atoms with Crippen molar-refractivity contribution in [3.63, 3.8) is 0 Å². The molecular formula is C15H16N2O. The molecule has 2 heterocycles. The van der Waals surface area contributed by atoms with Gasteiger partial charge < -0.3 is 4.74 Å². The predicted molar refractivity (Wildman–Crippen MR) is 69.4 cm³/mol. The normalized spacial score (nSPS) is 20.0. The highest BCUT2D eigenvalue weighted by atomic mass is 16.5. The molecule has 3 heteroatoms. The van der Waals surface area contributed by atoms with Gasteiger partial charge in [-0.25, -0.2) is 0 Å². The van der Waals surface area contributed by atoms with Crippen molar-refractivity contribution in [3.8, 4) is 17.0 Å². The van der Waals surface area contributed by atoms with E-state index in [4.69, 9.17) is 4.74 Å². The molecule has 3 nitrogen and oxygen atoms in total. The van der Waals surface area contributed by atoms with E-state index in [1.165, 1.54) is 24.8 Å². The van der Waals surface area contributed by atoms with E-state index in [0.29, 0.717) is 0 Å². The van der Waals surface area contributed by atoms with Crippen LogP contribution in [0.1, 0.15) is 37.7 Å². The zero-order valence-corrected chi connectivity index (χ0v) is 10.3. The monoisotopic (exact) mass is 240 g/mol. The Hall–Kier alpha value is -1.77. The van der Waals surface area contributed by atoms with E-state index in [-0.39, 0.29) is 5.60 Å². The van der Waals surface area contributed by atoms with Crippen LogP contribution in [0.3, 0.4) is 0 Å². The van der Waals surface area contributed by atoms with Gasteiger partial charge in [-0.15, -0.1) is 0 Å². The molecule has 1 aromatic carbocycles. The lowest BCUT2D eigenvalue weighted by molar-refractivity contribution is 0.0240. The number of para-hydroxylation sites is 1. The van der Waals surface area contributed by atoms with Crippen molar-refractivity contribution in [2.24, 2.45) is 0 Å². The van der Waals surface area contributed by atoms with E-state index in [2.05, 4.69) is 22.3 Å². The third-order valence-electron chi connectivity index (χ3n) is 4.25. The lowest BCUT2D eigenvalue weighted by atomic mass is 9.77. The van der Waals surface area contributed by atoms with Gasteiger partial charge in [0.15, 0.2) is 0 Å². The van der Waals surface area contributed by atoms with Gasteiger partial charge in [0, 0.05) is 11.1 Å².